The van der Waals surface area contributed by atoms with Gasteiger partial charge in [0.15, 0.2) is 5.78 Å². The number of carbonyl (C=O) groups is 1. The van der Waals surface area contributed by atoms with Gasteiger partial charge in [0.1, 0.15) is 16.6 Å². The van der Waals surface area contributed by atoms with Gasteiger partial charge >= 0.3 is 0 Å². The van der Waals surface area contributed by atoms with Gasteiger partial charge in [-0.2, -0.15) is 5.26 Å². The summed E-state index contributed by atoms with van der Waals surface area (Å²) < 4.78 is 0. The zero-order valence-corrected chi connectivity index (χ0v) is 12.1. The van der Waals surface area contributed by atoms with E-state index in [1.807, 2.05) is 0 Å². The number of anilines is 2. The molecular formula is C14H19N3OS. The number of nitrogens with one attached hydrogen (secondary N) is 1. The van der Waals surface area contributed by atoms with Gasteiger partial charge in [-0.1, -0.05) is 13.3 Å². The monoisotopic (exact) mass is 277 g/mol. The highest BCUT2D eigenvalue weighted by Crippen LogP contribution is 2.36. The summed E-state index contributed by atoms with van der Waals surface area (Å²) in [7, 11) is 0. The summed E-state index contributed by atoms with van der Waals surface area (Å²) in [5, 5.41) is 13.2. The van der Waals surface area contributed by atoms with Crippen LogP contribution in [0.3, 0.4) is 0 Å². The van der Waals surface area contributed by atoms with Gasteiger partial charge in [-0.05, 0) is 24.7 Å². The number of thiophene rings is 1. The van der Waals surface area contributed by atoms with Crippen molar-refractivity contribution >= 4 is 27.8 Å². The summed E-state index contributed by atoms with van der Waals surface area (Å²) in [4.78, 5) is 11.9. The minimum atomic E-state index is -0.0819. The van der Waals surface area contributed by atoms with E-state index in [0.29, 0.717) is 22.0 Å². The second kappa shape index (κ2) is 5.62. The van der Waals surface area contributed by atoms with Crippen LogP contribution >= 0.6 is 11.3 Å². The molecule has 0 saturated heterocycles. The Labute approximate surface area is 117 Å². The normalized spacial score (nSPS) is 22.2. The second-order valence-electron chi connectivity index (χ2n) is 5.38. The molecule has 1 aromatic heterocycles. The molecule has 5 heteroatoms. The van der Waals surface area contributed by atoms with Crippen molar-refractivity contribution in [3.8, 4) is 6.07 Å². The van der Waals surface area contributed by atoms with Gasteiger partial charge in [0.25, 0.3) is 0 Å². The Hall–Kier alpha value is -1.54. The fourth-order valence-corrected chi connectivity index (χ4v) is 3.66. The average molecular weight is 277 g/mol. The predicted molar refractivity (Wildman–Crippen MR) is 78.4 cm³/mol. The van der Waals surface area contributed by atoms with Crippen molar-refractivity contribution in [2.75, 3.05) is 17.6 Å². The van der Waals surface area contributed by atoms with E-state index < -0.39 is 0 Å². The first-order valence-electron chi connectivity index (χ1n) is 6.60. The van der Waals surface area contributed by atoms with Crippen LogP contribution in [0.1, 0.15) is 48.3 Å². The van der Waals surface area contributed by atoms with Crippen LogP contribution in [0.2, 0.25) is 0 Å². The number of nitrogens with two attached hydrogens (primary N) is 1. The minimum absolute atomic E-state index is 0.0819. The number of rotatable bonds is 4. The van der Waals surface area contributed by atoms with E-state index >= 15 is 0 Å². The number of nitrogens with zero attached hydrogens (tertiary/aromatic N) is 1. The number of hydrogen-bond donors (Lipinski definition) is 2. The van der Waals surface area contributed by atoms with Gasteiger partial charge in [-0.15, -0.1) is 11.3 Å². The van der Waals surface area contributed by atoms with Crippen molar-refractivity contribution in [1.29, 1.82) is 5.26 Å². The second-order valence-corrected chi connectivity index (χ2v) is 6.40. The van der Waals surface area contributed by atoms with Crippen molar-refractivity contribution in [2.45, 2.75) is 33.1 Å². The van der Waals surface area contributed by atoms with Gasteiger partial charge in [0, 0.05) is 13.5 Å². The molecule has 0 aromatic carbocycles. The van der Waals surface area contributed by atoms with E-state index in [1.165, 1.54) is 37.5 Å². The molecule has 102 valence electrons. The first-order valence-corrected chi connectivity index (χ1v) is 7.41. The molecule has 1 saturated carbocycles. The smallest absolute Gasteiger partial charge is 0.171 e. The average Bonchev–Trinajstić information content (AvgIpc) is 2.90. The first-order chi connectivity index (χ1) is 9.02. The highest BCUT2D eigenvalue weighted by Gasteiger charge is 2.23. The third-order valence-electron chi connectivity index (χ3n) is 3.73. The van der Waals surface area contributed by atoms with E-state index in [9.17, 15) is 4.79 Å². The lowest BCUT2D eigenvalue weighted by molar-refractivity contribution is 0.102. The Morgan fingerprint density at radius 2 is 2.32 bits per heavy atom. The van der Waals surface area contributed by atoms with Crippen LogP contribution in [0, 0.1) is 23.2 Å². The molecule has 3 N–H and O–H groups in total. The lowest BCUT2D eigenvalue weighted by Crippen LogP contribution is -2.11. The van der Waals surface area contributed by atoms with Crippen molar-refractivity contribution < 1.29 is 4.79 Å². The molecule has 19 heavy (non-hydrogen) atoms. The predicted octanol–water partition coefficient (Wildman–Crippen LogP) is 3.25. The Morgan fingerprint density at radius 3 is 2.84 bits per heavy atom. The van der Waals surface area contributed by atoms with Gasteiger partial charge in [0.05, 0.1) is 10.6 Å². The largest absolute Gasteiger partial charge is 0.396 e. The summed E-state index contributed by atoms with van der Waals surface area (Å²) in [6.07, 6.45) is 3.74. The molecule has 2 unspecified atom stereocenters. The third-order valence-corrected chi connectivity index (χ3v) is 5.00. The summed E-state index contributed by atoms with van der Waals surface area (Å²) in [6, 6.07) is 2.09. The Morgan fingerprint density at radius 1 is 1.58 bits per heavy atom. The zero-order valence-electron chi connectivity index (χ0n) is 11.3. The molecule has 0 spiro atoms. The number of nitriles is 1. The molecular weight excluding hydrogens is 258 g/mol. The van der Waals surface area contributed by atoms with E-state index in [0.717, 1.165) is 17.5 Å². The highest BCUT2D eigenvalue weighted by molar-refractivity contribution is 7.18. The Balaban J connectivity index is 2.10. The standard InChI is InChI=1S/C14H19N3OS/c1-8-3-4-10(5-8)7-17-14-11(6-15)12(16)13(19-14)9(2)18/h8,10,17H,3-5,7,16H2,1-2H3. The molecule has 1 aromatic rings. The van der Waals surface area contributed by atoms with E-state index in [1.54, 1.807) is 0 Å². The first kappa shape index (κ1) is 13.9. The Kier molecular flexibility index (Phi) is 4.11. The third kappa shape index (κ3) is 2.90. The quantitative estimate of drug-likeness (QED) is 0.828. The molecule has 0 amide bonds. The molecule has 0 aliphatic heterocycles. The molecule has 0 radical (unpaired) electrons. The SMILES string of the molecule is CC(=O)c1sc(NCC2CCC(C)C2)c(C#N)c1N. The number of nitrogen functional groups attached to an aromatic ring is 1. The maximum Gasteiger partial charge on any atom is 0.171 e. The van der Waals surface area contributed by atoms with Crippen molar-refractivity contribution in [2.24, 2.45) is 11.8 Å². The van der Waals surface area contributed by atoms with Gasteiger partial charge in [-0.3, -0.25) is 4.79 Å². The topological polar surface area (TPSA) is 78.9 Å². The van der Waals surface area contributed by atoms with Crippen molar-refractivity contribution in [1.82, 2.24) is 0 Å². The summed E-state index contributed by atoms with van der Waals surface area (Å²) >= 11 is 1.29. The van der Waals surface area contributed by atoms with Crippen LogP contribution in [-0.4, -0.2) is 12.3 Å². The highest BCUT2D eigenvalue weighted by atomic mass is 32.1. The molecule has 1 aliphatic carbocycles. The lowest BCUT2D eigenvalue weighted by atomic mass is 10.1. The van der Waals surface area contributed by atoms with E-state index in [2.05, 4.69) is 18.3 Å². The van der Waals surface area contributed by atoms with Crippen LogP contribution in [0.4, 0.5) is 10.7 Å². The van der Waals surface area contributed by atoms with Crippen LogP contribution in [0.5, 0.6) is 0 Å². The van der Waals surface area contributed by atoms with Crippen LogP contribution in [-0.2, 0) is 0 Å². The maximum atomic E-state index is 11.4. The summed E-state index contributed by atoms with van der Waals surface area (Å²) in [5.41, 5.74) is 6.59. The Bertz CT molecular complexity index is 530. The summed E-state index contributed by atoms with van der Waals surface area (Å²) in [5.74, 6) is 1.37. The van der Waals surface area contributed by atoms with Gasteiger partial charge < -0.3 is 11.1 Å². The van der Waals surface area contributed by atoms with Crippen LogP contribution < -0.4 is 11.1 Å². The molecule has 0 bridgehead atoms. The lowest BCUT2D eigenvalue weighted by Gasteiger charge is -2.11. The number of Topliss-reactive ketones (excluding diaryl/α,β-unsaturated/α-hetero) is 1. The van der Waals surface area contributed by atoms with Crippen molar-refractivity contribution in [3.05, 3.63) is 10.4 Å². The van der Waals surface area contributed by atoms with Gasteiger partial charge in [-0.25, -0.2) is 0 Å². The molecule has 4 nitrogen and oxygen atoms in total. The zero-order chi connectivity index (χ0) is 14.0. The number of hydrogen-bond acceptors (Lipinski definition) is 5. The summed E-state index contributed by atoms with van der Waals surface area (Å²) in [6.45, 7) is 4.61. The minimum Gasteiger partial charge on any atom is -0.396 e. The molecule has 2 atom stereocenters. The molecule has 2 rings (SSSR count). The van der Waals surface area contributed by atoms with E-state index in [4.69, 9.17) is 11.0 Å². The number of carbonyl (C=O) groups excluding carboxylic acids is 1. The fraction of sp³-hybridized carbons (Fsp3) is 0.571. The molecule has 1 heterocycles. The van der Waals surface area contributed by atoms with Crippen LogP contribution in [0.25, 0.3) is 0 Å². The number of ketones is 1. The van der Waals surface area contributed by atoms with Gasteiger partial charge in [0.2, 0.25) is 0 Å². The fourth-order valence-electron chi connectivity index (χ4n) is 2.69. The van der Waals surface area contributed by atoms with Crippen molar-refractivity contribution in [3.63, 3.8) is 0 Å². The van der Waals surface area contributed by atoms with E-state index in [-0.39, 0.29) is 5.78 Å². The molecule has 1 aliphatic rings. The maximum absolute atomic E-state index is 11.4. The van der Waals surface area contributed by atoms with Crippen LogP contribution in [0.15, 0.2) is 0 Å². The molecule has 1 fully saturated rings.